The molecule has 0 spiro atoms. The van der Waals surface area contributed by atoms with E-state index >= 15 is 0 Å². The predicted molar refractivity (Wildman–Crippen MR) is 69.2 cm³/mol. The SMILES string of the molecule is CCCCCCC(CSCCC)NC. The zero-order valence-corrected chi connectivity index (χ0v) is 11.0. The summed E-state index contributed by atoms with van der Waals surface area (Å²) in [5, 5.41) is 3.42. The molecule has 0 aromatic carbocycles. The van der Waals surface area contributed by atoms with Crippen molar-refractivity contribution in [2.24, 2.45) is 0 Å². The van der Waals surface area contributed by atoms with E-state index < -0.39 is 0 Å². The van der Waals surface area contributed by atoms with E-state index in [-0.39, 0.29) is 0 Å². The van der Waals surface area contributed by atoms with Crippen molar-refractivity contribution >= 4 is 11.8 Å². The zero-order valence-electron chi connectivity index (χ0n) is 10.1. The van der Waals surface area contributed by atoms with E-state index in [1.807, 2.05) is 0 Å². The zero-order chi connectivity index (χ0) is 10.6. The van der Waals surface area contributed by atoms with Gasteiger partial charge < -0.3 is 5.32 Å². The Labute approximate surface area is 94.4 Å². The molecule has 1 nitrogen and oxygen atoms in total. The monoisotopic (exact) mass is 217 g/mol. The summed E-state index contributed by atoms with van der Waals surface area (Å²) >= 11 is 2.09. The fourth-order valence-corrected chi connectivity index (χ4v) is 2.57. The second kappa shape index (κ2) is 11.4. The van der Waals surface area contributed by atoms with E-state index in [2.05, 4.69) is 38.0 Å². The molecular formula is C12H27NS. The molecule has 0 aliphatic rings. The van der Waals surface area contributed by atoms with Crippen molar-refractivity contribution in [1.29, 1.82) is 0 Å². The second-order valence-electron chi connectivity index (χ2n) is 3.91. The Morgan fingerprint density at radius 2 is 1.86 bits per heavy atom. The summed E-state index contributed by atoms with van der Waals surface area (Å²) in [5.41, 5.74) is 0. The van der Waals surface area contributed by atoms with Crippen molar-refractivity contribution in [2.45, 2.75) is 58.4 Å². The number of thioether (sulfide) groups is 1. The van der Waals surface area contributed by atoms with Crippen molar-refractivity contribution in [3.63, 3.8) is 0 Å². The van der Waals surface area contributed by atoms with E-state index in [0.29, 0.717) is 0 Å². The summed E-state index contributed by atoms with van der Waals surface area (Å²) in [6.45, 7) is 4.52. The van der Waals surface area contributed by atoms with Crippen LogP contribution in [-0.4, -0.2) is 24.6 Å². The van der Waals surface area contributed by atoms with Gasteiger partial charge in [0, 0.05) is 11.8 Å². The minimum atomic E-state index is 0.739. The van der Waals surface area contributed by atoms with Crippen molar-refractivity contribution in [2.75, 3.05) is 18.6 Å². The molecule has 0 aromatic heterocycles. The highest BCUT2D eigenvalue weighted by atomic mass is 32.2. The lowest BCUT2D eigenvalue weighted by molar-refractivity contribution is 0.523. The maximum absolute atomic E-state index is 3.42. The van der Waals surface area contributed by atoms with Gasteiger partial charge in [-0.05, 0) is 25.6 Å². The van der Waals surface area contributed by atoms with Gasteiger partial charge in [0.25, 0.3) is 0 Å². The van der Waals surface area contributed by atoms with Crippen LogP contribution in [0, 0.1) is 0 Å². The number of rotatable bonds is 10. The van der Waals surface area contributed by atoms with Crippen LogP contribution in [0.15, 0.2) is 0 Å². The van der Waals surface area contributed by atoms with E-state index in [1.165, 1.54) is 50.0 Å². The number of nitrogens with one attached hydrogen (secondary N) is 1. The van der Waals surface area contributed by atoms with Gasteiger partial charge in [-0.25, -0.2) is 0 Å². The predicted octanol–water partition coefficient (Wildman–Crippen LogP) is 3.69. The third-order valence-electron chi connectivity index (χ3n) is 2.48. The normalized spacial score (nSPS) is 13.1. The van der Waals surface area contributed by atoms with Crippen LogP contribution in [0.2, 0.25) is 0 Å². The standard InChI is InChI=1S/C12H27NS/c1-4-6-7-8-9-12(13-3)11-14-10-5-2/h12-13H,4-11H2,1-3H3. The molecule has 0 radical (unpaired) electrons. The molecular weight excluding hydrogens is 190 g/mol. The van der Waals surface area contributed by atoms with Crippen LogP contribution in [0.3, 0.4) is 0 Å². The first-order valence-electron chi connectivity index (χ1n) is 6.10. The Morgan fingerprint density at radius 3 is 2.43 bits per heavy atom. The van der Waals surface area contributed by atoms with Gasteiger partial charge in [-0.15, -0.1) is 0 Å². The molecule has 0 aromatic rings. The molecule has 0 fully saturated rings. The van der Waals surface area contributed by atoms with Crippen LogP contribution >= 0.6 is 11.8 Å². The summed E-state index contributed by atoms with van der Waals surface area (Å²) in [6, 6.07) is 0.739. The second-order valence-corrected chi connectivity index (χ2v) is 5.06. The van der Waals surface area contributed by atoms with Crippen LogP contribution in [0.5, 0.6) is 0 Å². The quantitative estimate of drug-likeness (QED) is 0.560. The van der Waals surface area contributed by atoms with Gasteiger partial charge in [0.05, 0.1) is 0 Å². The molecule has 0 heterocycles. The van der Waals surface area contributed by atoms with Crippen LogP contribution < -0.4 is 5.32 Å². The average Bonchev–Trinajstić information content (AvgIpc) is 2.22. The third kappa shape index (κ3) is 8.89. The van der Waals surface area contributed by atoms with Gasteiger partial charge in [-0.3, -0.25) is 0 Å². The maximum Gasteiger partial charge on any atom is 0.0155 e. The Hall–Kier alpha value is 0.310. The Balaban J connectivity index is 3.28. The lowest BCUT2D eigenvalue weighted by Gasteiger charge is -2.15. The fourth-order valence-electron chi connectivity index (χ4n) is 1.50. The maximum atomic E-state index is 3.42. The van der Waals surface area contributed by atoms with E-state index in [9.17, 15) is 0 Å². The molecule has 86 valence electrons. The van der Waals surface area contributed by atoms with E-state index in [4.69, 9.17) is 0 Å². The van der Waals surface area contributed by atoms with Crippen molar-refractivity contribution < 1.29 is 0 Å². The molecule has 0 rings (SSSR count). The van der Waals surface area contributed by atoms with E-state index in [0.717, 1.165) is 6.04 Å². The molecule has 2 heteroatoms. The molecule has 0 aliphatic carbocycles. The highest BCUT2D eigenvalue weighted by Gasteiger charge is 2.04. The van der Waals surface area contributed by atoms with Gasteiger partial charge in [0.2, 0.25) is 0 Å². The van der Waals surface area contributed by atoms with E-state index in [1.54, 1.807) is 0 Å². The highest BCUT2D eigenvalue weighted by molar-refractivity contribution is 7.99. The van der Waals surface area contributed by atoms with Gasteiger partial charge in [0.15, 0.2) is 0 Å². The average molecular weight is 217 g/mol. The third-order valence-corrected chi connectivity index (χ3v) is 3.82. The van der Waals surface area contributed by atoms with Crippen LogP contribution in [0.1, 0.15) is 52.4 Å². The fraction of sp³-hybridized carbons (Fsp3) is 1.00. The molecule has 0 aliphatic heterocycles. The molecule has 14 heavy (non-hydrogen) atoms. The number of hydrogen-bond donors (Lipinski definition) is 1. The van der Waals surface area contributed by atoms with Crippen LogP contribution in [0.25, 0.3) is 0 Å². The first kappa shape index (κ1) is 14.3. The lowest BCUT2D eigenvalue weighted by atomic mass is 10.1. The minimum Gasteiger partial charge on any atom is -0.316 e. The number of unbranched alkanes of at least 4 members (excludes halogenated alkanes) is 3. The highest BCUT2D eigenvalue weighted by Crippen LogP contribution is 2.11. The molecule has 1 N–H and O–H groups in total. The van der Waals surface area contributed by atoms with Gasteiger partial charge in [0.1, 0.15) is 0 Å². The molecule has 1 atom stereocenters. The smallest absolute Gasteiger partial charge is 0.0155 e. The Kier molecular flexibility index (Phi) is 11.6. The van der Waals surface area contributed by atoms with Gasteiger partial charge in [-0.2, -0.15) is 11.8 Å². The molecule has 1 unspecified atom stereocenters. The largest absolute Gasteiger partial charge is 0.316 e. The minimum absolute atomic E-state index is 0.739. The van der Waals surface area contributed by atoms with Crippen molar-refractivity contribution in [3.05, 3.63) is 0 Å². The summed E-state index contributed by atoms with van der Waals surface area (Å²) in [6.07, 6.45) is 8.21. The lowest BCUT2D eigenvalue weighted by Crippen LogP contribution is -2.27. The Bertz CT molecular complexity index is 106. The van der Waals surface area contributed by atoms with Gasteiger partial charge in [-0.1, -0.05) is 39.5 Å². The molecule has 0 saturated heterocycles. The van der Waals surface area contributed by atoms with Crippen molar-refractivity contribution in [1.82, 2.24) is 5.32 Å². The molecule has 0 amide bonds. The molecule has 0 saturated carbocycles. The summed E-state index contributed by atoms with van der Waals surface area (Å²) in [7, 11) is 2.09. The van der Waals surface area contributed by atoms with Crippen LogP contribution in [0.4, 0.5) is 0 Å². The molecule has 0 bridgehead atoms. The summed E-state index contributed by atoms with van der Waals surface area (Å²) < 4.78 is 0. The number of hydrogen-bond acceptors (Lipinski definition) is 2. The van der Waals surface area contributed by atoms with Gasteiger partial charge >= 0.3 is 0 Å². The topological polar surface area (TPSA) is 12.0 Å². The first-order chi connectivity index (χ1) is 6.85. The Morgan fingerprint density at radius 1 is 1.07 bits per heavy atom. The van der Waals surface area contributed by atoms with Crippen LogP contribution in [-0.2, 0) is 0 Å². The summed E-state index contributed by atoms with van der Waals surface area (Å²) in [5.74, 6) is 2.60. The van der Waals surface area contributed by atoms with Crippen molar-refractivity contribution in [3.8, 4) is 0 Å². The first-order valence-corrected chi connectivity index (χ1v) is 7.25. The summed E-state index contributed by atoms with van der Waals surface area (Å²) in [4.78, 5) is 0.